The first-order valence-electron chi connectivity index (χ1n) is 5.49. The Balaban J connectivity index is 3.22. The number of carboxylic acid groups (broad SMARTS) is 1. The summed E-state index contributed by atoms with van der Waals surface area (Å²) in [5.41, 5.74) is 6.07. The van der Waals surface area contributed by atoms with E-state index in [9.17, 15) is 9.18 Å². The van der Waals surface area contributed by atoms with Crippen LogP contribution in [0, 0.1) is 5.82 Å². The molecule has 0 radical (unpaired) electrons. The van der Waals surface area contributed by atoms with Crippen molar-refractivity contribution in [3.63, 3.8) is 0 Å². The van der Waals surface area contributed by atoms with Crippen molar-refractivity contribution in [1.82, 2.24) is 0 Å². The lowest BCUT2D eigenvalue weighted by Crippen LogP contribution is -2.15. The summed E-state index contributed by atoms with van der Waals surface area (Å²) in [7, 11) is 2.73. The van der Waals surface area contributed by atoms with Gasteiger partial charge in [-0.3, -0.25) is 4.79 Å². The molecule has 0 aliphatic rings. The van der Waals surface area contributed by atoms with Crippen LogP contribution in [0.2, 0.25) is 5.02 Å². The van der Waals surface area contributed by atoms with Gasteiger partial charge in [0.05, 0.1) is 19.2 Å². The zero-order valence-corrected chi connectivity index (χ0v) is 11.3. The van der Waals surface area contributed by atoms with E-state index in [0.717, 1.165) is 6.07 Å². The van der Waals surface area contributed by atoms with E-state index in [1.807, 2.05) is 0 Å². The third-order valence-corrected chi connectivity index (χ3v) is 3.02. The maximum absolute atomic E-state index is 13.7. The molecule has 1 aromatic rings. The average molecular weight is 292 g/mol. The van der Waals surface area contributed by atoms with Crippen molar-refractivity contribution in [2.45, 2.75) is 18.9 Å². The van der Waals surface area contributed by atoms with E-state index in [1.54, 1.807) is 0 Å². The summed E-state index contributed by atoms with van der Waals surface area (Å²) in [5.74, 6) is -1.31. The molecule has 1 unspecified atom stereocenters. The third-order valence-electron chi connectivity index (χ3n) is 2.64. The average Bonchev–Trinajstić information content (AvgIpc) is 2.38. The van der Waals surface area contributed by atoms with E-state index in [0.29, 0.717) is 0 Å². The third kappa shape index (κ3) is 3.48. The van der Waals surface area contributed by atoms with Gasteiger partial charge in [0.1, 0.15) is 5.82 Å². The monoisotopic (exact) mass is 291 g/mol. The Morgan fingerprint density at radius 3 is 2.63 bits per heavy atom. The van der Waals surface area contributed by atoms with Crippen LogP contribution in [0.1, 0.15) is 24.4 Å². The van der Waals surface area contributed by atoms with Crippen LogP contribution < -0.4 is 15.2 Å². The summed E-state index contributed by atoms with van der Waals surface area (Å²) >= 11 is 5.88. The molecule has 3 N–H and O–H groups in total. The smallest absolute Gasteiger partial charge is 0.303 e. The van der Waals surface area contributed by atoms with Gasteiger partial charge >= 0.3 is 5.97 Å². The van der Waals surface area contributed by atoms with Gasteiger partial charge in [-0.15, -0.1) is 0 Å². The maximum Gasteiger partial charge on any atom is 0.303 e. The molecule has 106 valence electrons. The highest BCUT2D eigenvalue weighted by Gasteiger charge is 2.23. The van der Waals surface area contributed by atoms with Crippen LogP contribution in [0.5, 0.6) is 11.5 Å². The molecule has 19 heavy (non-hydrogen) atoms. The van der Waals surface area contributed by atoms with Crippen molar-refractivity contribution in [2.24, 2.45) is 5.73 Å². The first-order valence-corrected chi connectivity index (χ1v) is 5.87. The second-order valence-corrected chi connectivity index (χ2v) is 4.24. The largest absolute Gasteiger partial charge is 0.493 e. The van der Waals surface area contributed by atoms with Crippen LogP contribution in [-0.2, 0) is 4.79 Å². The summed E-state index contributed by atoms with van der Waals surface area (Å²) in [5, 5.41) is 8.46. The second-order valence-electron chi connectivity index (χ2n) is 3.86. The lowest BCUT2D eigenvalue weighted by molar-refractivity contribution is -0.137. The molecule has 0 heterocycles. The molecule has 0 amide bonds. The molecule has 0 aromatic heterocycles. The molecule has 0 spiro atoms. The van der Waals surface area contributed by atoms with Crippen molar-refractivity contribution in [2.75, 3.05) is 14.2 Å². The highest BCUT2D eigenvalue weighted by molar-refractivity contribution is 6.31. The molecule has 0 saturated carbocycles. The minimum Gasteiger partial charge on any atom is -0.493 e. The van der Waals surface area contributed by atoms with Crippen molar-refractivity contribution in [1.29, 1.82) is 0 Å². The number of halogens is 2. The zero-order chi connectivity index (χ0) is 14.6. The van der Waals surface area contributed by atoms with Gasteiger partial charge < -0.3 is 20.3 Å². The molecule has 0 bridgehead atoms. The molecular formula is C12H15ClFNO4. The Bertz CT molecular complexity index is 481. The zero-order valence-electron chi connectivity index (χ0n) is 10.6. The lowest BCUT2D eigenvalue weighted by Gasteiger charge is -2.19. The number of methoxy groups -OCH3 is 2. The molecule has 7 heteroatoms. The number of benzene rings is 1. The van der Waals surface area contributed by atoms with E-state index in [1.165, 1.54) is 14.2 Å². The molecule has 0 saturated heterocycles. The quantitative estimate of drug-likeness (QED) is 0.841. The number of carboxylic acids is 1. The van der Waals surface area contributed by atoms with Crippen molar-refractivity contribution < 1.29 is 23.8 Å². The molecule has 0 aliphatic heterocycles. The van der Waals surface area contributed by atoms with E-state index >= 15 is 0 Å². The minimum absolute atomic E-state index is 0.109. The lowest BCUT2D eigenvalue weighted by atomic mass is 10.0. The van der Waals surface area contributed by atoms with E-state index in [-0.39, 0.29) is 34.9 Å². The predicted molar refractivity (Wildman–Crippen MR) is 68.3 cm³/mol. The maximum atomic E-state index is 13.7. The number of hydrogen-bond donors (Lipinski definition) is 2. The van der Waals surface area contributed by atoms with Gasteiger partial charge in [0.15, 0.2) is 11.5 Å². The van der Waals surface area contributed by atoms with Gasteiger partial charge in [-0.1, -0.05) is 11.6 Å². The number of hydrogen-bond acceptors (Lipinski definition) is 4. The minimum atomic E-state index is -0.992. The van der Waals surface area contributed by atoms with Gasteiger partial charge in [-0.2, -0.15) is 0 Å². The Labute approximate surface area is 115 Å². The topological polar surface area (TPSA) is 81.8 Å². The summed E-state index contributed by atoms with van der Waals surface area (Å²) in [6.07, 6.45) is -0.0441. The highest BCUT2D eigenvalue weighted by atomic mass is 35.5. The Morgan fingerprint density at radius 1 is 1.53 bits per heavy atom. The van der Waals surface area contributed by atoms with Crippen LogP contribution in [-0.4, -0.2) is 25.3 Å². The molecule has 1 aromatic carbocycles. The highest BCUT2D eigenvalue weighted by Crippen LogP contribution is 2.41. The summed E-state index contributed by atoms with van der Waals surface area (Å²) < 4.78 is 23.8. The summed E-state index contributed by atoms with van der Waals surface area (Å²) in [6.45, 7) is 0. The van der Waals surface area contributed by atoms with Crippen LogP contribution in [0.15, 0.2) is 6.07 Å². The fraction of sp³-hybridized carbons (Fsp3) is 0.417. The normalized spacial score (nSPS) is 12.1. The molecule has 1 atom stereocenters. The first-order chi connectivity index (χ1) is 8.92. The van der Waals surface area contributed by atoms with Gasteiger partial charge in [-0.05, 0) is 6.42 Å². The van der Waals surface area contributed by atoms with Crippen LogP contribution in [0.3, 0.4) is 0 Å². The van der Waals surface area contributed by atoms with Gasteiger partial charge in [0.2, 0.25) is 0 Å². The number of ether oxygens (including phenoxy) is 2. The Kier molecular flexibility index (Phi) is 5.38. The first kappa shape index (κ1) is 15.5. The molecule has 5 nitrogen and oxygen atoms in total. The van der Waals surface area contributed by atoms with Gasteiger partial charge in [0, 0.05) is 24.1 Å². The second kappa shape index (κ2) is 6.58. The molecule has 1 rings (SSSR count). The standard InChI is InChI=1S/C12H15ClFNO4/c1-18-8-5-6(14)11(13)10(12(8)19-2)7(15)3-4-9(16)17/h5,7H,3-4,15H2,1-2H3,(H,16,17). The van der Waals surface area contributed by atoms with E-state index in [4.69, 9.17) is 31.9 Å². The molecule has 0 aliphatic carbocycles. The fourth-order valence-corrected chi connectivity index (χ4v) is 2.00. The SMILES string of the molecule is COc1cc(F)c(Cl)c(C(N)CCC(=O)O)c1OC. The van der Waals surface area contributed by atoms with Crippen LogP contribution >= 0.6 is 11.6 Å². The Hall–Kier alpha value is -1.53. The van der Waals surface area contributed by atoms with Crippen molar-refractivity contribution in [3.8, 4) is 11.5 Å². The number of aliphatic carboxylic acids is 1. The predicted octanol–water partition coefficient (Wildman–Crippen LogP) is 2.36. The van der Waals surface area contributed by atoms with Crippen LogP contribution in [0.4, 0.5) is 4.39 Å². The summed E-state index contributed by atoms with van der Waals surface area (Å²) in [6, 6.07) is 0.331. The Morgan fingerprint density at radius 2 is 2.16 bits per heavy atom. The van der Waals surface area contributed by atoms with E-state index in [2.05, 4.69) is 0 Å². The molecule has 0 fully saturated rings. The number of nitrogens with two attached hydrogens (primary N) is 1. The summed E-state index contributed by atoms with van der Waals surface area (Å²) in [4.78, 5) is 10.5. The van der Waals surface area contributed by atoms with E-state index < -0.39 is 17.8 Å². The molecular weight excluding hydrogens is 277 g/mol. The number of rotatable bonds is 6. The van der Waals surface area contributed by atoms with Gasteiger partial charge in [-0.25, -0.2) is 4.39 Å². The number of carbonyl (C=O) groups is 1. The fourth-order valence-electron chi connectivity index (χ4n) is 1.72. The van der Waals surface area contributed by atoms with Crippen LogP contribution in [0.25, 0.3) is 0 Å². The van der Waals surface area contributed by atoms with Gasteiger partial charge in [0.25, 0.3) is 0 Å². The van der Waals surface area contributed by atoms with Crippen molar-refractivity contribution >= 4 is 17.6 Å². The van der Waals surface area contributed by atoms with Crippen molar-refractivity contribution in [3.05, 3.63) is 22.5 Å².